The minimum Gasteiger partial charge on any atom is -0.483 e. The van der Waals surface area contributed by atoms with Crippen LogP contribution in [0.1, 0.15) is 0 Å². The molecule has 5 N–H and O–H groups in total. The molecule has 2 heterocycles. The van der Waals surface area contributed by atoms with Gasteiger partial charge in [0, 0.05) is 29.7 Å². The van der Waals surface area contributed by atoms with Crippen molar-refractivity contribution in [1.82, 2.24) is 10.2 Å². The lowest BCUT2D eigenvalue weighted by molar-refractivity contribution is -0.122. The average molecular weight is 396 g/mol. The molecule has 0 saturated carbocycles. The SMILES string of the molecule is Nc1cnnc2cc(-c3cc(B(O)O)ccc3N3CCOCC3)ccc12.O=CO. The molecule has 10 heteroatoms. The van der Waals surface area contributed by atoms with E-state index in [9.17, 15) is 10.0 Å². The van der Waals surface area contributed by atoms with Crippen molar-refractivity contribution >= 4 is 41.3 Å². The molecule has 1 aliphatic heterocycles. The van der Waals surface area contributed by atoms with Crippen molar-refractivity contribution in [3.63, 3.8) is 0 Å². The van der Waals surface area contributed by atoms with Crippen LogP contribution >= 0.6 is 0 Å². The largest absolute Gasteiger partial charge is 0.488 e. The summed E-state index contributed by atoms with van der Waals surface area (Å²) in [6.07, 6.45) is 1.53. The maximum atomic E-state index is 9.59. The Morgan fingerprint density at radius 2 is 1.86 bits per heavy atom. The first kappa shape index (κ1) is 20.5. The Bertz CT molecular complexity index is 995. The highest BCUT2D eigenvalue weighted by Gasteiger charge is 2.19. The van der Waals surface area contributed by atoms with Gasteiger partial charge in [-0.1, -0.05) is 18.2 Å². The van der Waals surface area contributed by atoms with Crippen LogP contribution < -0.4 is 16.1 Å². The Labute approximate surface area is 167 Å². The first-order valence-electron chi connectivity index (χ1n) is 8.97. The van der Waals surface area contributed by atoms with Crippen molar-refractivity contribution in [3.8, 4) is 11.1 Å². The van der Waals surface area contributed by atoms with Gasteiger partial charge in [-0.2, -0.15) is 10.2 Å². The Kier molecular flexibility index (Phi) is 6.60. The van der Waals surface area contributed by atoms with E-state index in [-0.39, 0.29) is 6.47 Å². The number of aromatic nitrogens is 2. The Morgan fingerprint density at radius 1 is 1.14 bits per heavy atom. The minimum atomic E-state index is -1.52. The summed E-state index contributed by atoms with van der Waals surface area (Å²) < 4.78 is 5.45. The van der Waals surface area contributed by atoms with Crippen LogP contribution in [-0.2, 0) is 9.53 Å². The standard InChI is InChI=1S/C18H19BN4O3.CH2O2/c20-16-11-21-22-17-9-12(1-3-14(16)17)15-10-13(19(24)25)2-4-18(15)23-5-7-26-8-6-23;2-1-3/h1-4,9-11,24-25H,5-8H2,(H2,20,22);1H,(H,2,3). The number of fused-ring (bicyclic) bond motifs is 1. The zero-order valence-corrected chi connectivity index (χ0v) is 15.6. The Balaban J connectivity index is 0.000000755. The lowest BCUT2D eigenvalue weighted by atomic mass is 9.78. The fourth-order valence-electron chi connectivity index (χ4n) is 3.27. The number of carbonyl (C=O) groups is 1. The van der Waals surface area contributed by atoms with E-state index < -0.39 is 7.12 Å². The van der Waals surface area contributed by atoms with Gasteiger partial charge in [0.25, 0.3) is 6.47 Å². The van der Waals surface area contributed by atoms with Crippen LogP contribution in [0.4, 0.5) is 11.4 Å². The molecule has 1 fully saturated rings. The summed E-state index contributed by atoms with van der Waals surface area (Å²) in [6.45, 7) is 2.66. The maximum Gasteiger partial charge on any atom is 0.488 e. The van der Waals surface area contributed by atoms with Gasteiger partial charge < -0.3 is 30.5 Å². The molecule has 0 atom stereocenters. The molecule has 0 radical (unpaired) electrons. The summed E-state index contributed by atoms with van der Waals surface area (Å²) >= 11 is 0. The van der Waals surface area contributed by atoms with Gasteiger partial charge in [0.1, 0.15) is 0 Å². The monoisotopic (exact) mass is 396 g/mol. The van der Waals surface area contributed by atoms with Gasteiger partial charge in [0.05, 0.1) is 30.6 Å². The summed E-state index contributed by atoms with van der Waals surface area (Å²) in [7, 11) is -1.52. The van der Waals surface area contributed by atoms with Crippen LogP contribution in [0.15, 0.2) is 42.6 Å². The zero-order chi connectivity index (χ0) is 20.8. The van der Waals surface area contributed by atoms with E-state index in [0.717, 1.165) is 35.3 Å². The number of anilines is 2. The third kappa shape index (κ3) is 4.62. The highest BCUT2D eigenvalue weighted by molar-refractivity contribution is 6.58. The van der Waals surface area contributed by atoms with Crippen LogP contribution in [0.25, 0.3) is 22.0 Å². The molecule has 2 aromatic carbocycles. The number of carboxylic acid groups (broad SMARTS) is 1. The second-order valence-electron chi connectivity index (χ2n) is 6.39. The predicted octanol–water partition coefficient (Wildman–Crippen LogP) is 0.0962. The number of morpholine rings is 1. The van der Waals surface area contributed by atoms with Gasteiger partial charge in [-0.3, -0.25) is 4.79 Å². The van der Waals surface area contributed by atoms with E-state index in [1.54, 1.807) is 12.1 Å². The Hall–Kier alpha value is -3.21. The lowest BCUT2D eigenvalue weighted by Gasteiger charge is -2.31. The van der Waals surface area contributed by atoms with Gasteiger partial charge in [-0.05, 0) is 29.2 Å². The summed E-state index contributed by atoms with van der Waals surface area (Å²) in [5.74, 6) is 0. The minimum absolute atomic E-state index is 0.250. The van der Waals surface area contributed by atoms with E-state index in [2.05, 4.69) is 15.1 Å². The van der Waals surface area contributed by atoms with Gasteiger partial charge >= 0.3 is 7.12 Å². The maximum absolute atomic E-state index is 9.59. The van der Waals surface area contributed by atoms with Crippen LogP contribution in [0.2, 0.25) is 0 Å². The van der Waals surface area contributed by atoms with Crippen LogP contribution in [0, 0.1) is 0 Å². The highest BCUT2D eigenvalue weighted by Crippen LogP contribution is 2.33. The van der Waals surface area contributed by atoms with Crippen LogP contribution in [-0.4, -0.2) is 65.2 Å². The van der Waals surface area contributed by atoms with Crippen molar-refractivity contribution in [3.05, 3.63) is 42.6 Å². The number of rotatable bonds is 3. The molecule has 0 unspecified atom stereocenters. The number of hydrogen-bond acceptors (Lipinski definition) is 8. The van der Waals surface area contributed by atoms with Crippen molar-refractivity contribution in [2.75, 3.05) is 36.9 Å². The summed E-state index contributed by atoms with van der Waals surface area (Å²) in [5, 5.41) is 35.0. The molecule has 0 spiro atoms. The average Bonchev–Trinajstić information content (AvgIpc) is 2.74. The molecule has 1 saturated heterocycles. The molecular formula is C19H21BN4O5. The highest BCUT2D eigenvalue weighted by atomic mass is 16.5. The molecule has 0 bridgehead atoms. The number of nitrogen functional groups attached to an aromatic ring is 1. The number of nitrogens with two attached hydrogens (primary N) is 1. The lowest BCUT2D eigenvalue weighted by Crippen LogP contribution is -2.37. The number of benzene rings is 2. The van der Waals surface area contributed by atoms with Crippen molar-refractivity contribution < 1.29 is 24.7 Å². The first-order chi connectivity index (χ1) is 14.0. The van der Waals surface area contributed by atoms with E-state index in [1.807, 2.05) is 24.3 Å². The molecular weight excluding hydrogens is 375 g/mol. The van der Waals surface area contributed by atoms with Crippen molar-refractivity contribution in [1.29, 1.82) is 0 Å². The van der Waals surface area contributed by atoms with Crippen LogP contribution in [0.3, 0.4) is 0 Å². The normalized spacial score (nSPS) is 13.5. The zero-order valence-electron chi connectivity index (χ0n) is 15.6. The van der Waals surface area contributed by atoms with E-state index in [1.165, 1.54) is 6.20 Å². The fourth-order valence-corrected chi connectivity index (χ4v) is 3.27. The van der Waals surface area contributed by atoms with Crippen LogP contribution in [0.5, 0.6) is 0 Å². The van der Waals surface area contributed by atoms with E-state index >= 15 is 0 Å². The molecule has 1 aromatic heterocycles. The quantitative estimate of drug-likeness (QED) is 0.358. The second-order valence-corrected chi connectivity index (χ2v) is 6.39. The molecule has 0 aliphatic carbocycles. The van der Waals surface area contributed by atoms with Gasteiger partial charge in [-0.15, -0.1) is 0 Å². The molecule has 0 amide bonds. The summed E-state index contributed by atoms with van der Waals surface area (Å²) in [5.41, 5.74) is 10.5. The van der Waals surface area contributed by atoms with Gasteiger partial charge in [0.15, 0.2) is 0 Å². The second kappa shape index (κ2) is 9.33. The third-order valence-corrected chi connectivity index (χ3v) is 4.65. The third-order valence-electron chi connectivity index (χ3n) is 4.65. The molecule has 3 aromatic rings. The number of hydrogen-bond donors (Lipinski definition) is 4. The van der Waals surface area contributed by atoms with Gasteiger partial charge in [0.2, 0.25) is 0 Å². The van der Waals surface area contributed by atoms with Crippen molar-refractivity contribution in [2.24, 2.45) is 0 Å². The molecule has 9 nitrogen and oxygen atoms in total. The number of nitrogens with zero attached hydrogens (tertiary/aromatic N) is 3. The fraction of sp³-hybridized carbons (Fsp3) is 0.211. The predicted molar refractivity (Wildman–Crippen MR) is 111 cm³/mol. The van der Waals surface area contributed by atoms with E-state index in [0.29, 0.717) is 29.9 Å². The van der Waals surface area contributed by atoms with Gasteiger partial charge in [-0.25, -0.2) is 0 Å². The topological polar surface area (TPSA) is 142 Å². The van der Waals surface area contributed by atoms with E-state index in [4.69, 9.17) is 20.4 Å². The number of ether oxygens (including phenoxy) is 1. The molecule has 4 rings (SSSR count). The Morgan fingerprint density at radius 3 is 2.55 bits per heavy atom. The molecule has 1 aliphatic rings. The smallest absolute Gasteiger partial charge is 0.483 e. The first-order valence-corrected chi connectivity index (χ1v) is 8.97. The van der Waals surface area contributed by atoms with Crippen molar-refractivity contribution in [2.45, 2.75) is 0 Å². The molecule has 29 heavy (non-hydrogen) atoms. The summed E-state index contributed by atoms with van der Waals surface area (Å²) in [4.78, 5) is 10.6. The summed E-state index contributed by atoms with van der Waals surface area (Å²) in [6, 6.07) is 11.3. The molecule has 150 valence electrons.